The zero-order valence-corrected chi connectivity index (χ0v) is 7.63. The van der Waals surface area contributed by atoms with Gasteiger partial charge in [0, 0.05) is 0 Å². The topological polar surface area (TPSA) is 20.2 Å². The zero-order valence-electron chi connectivity index (χ0n) is 7.63. The van der Waals surface area contributed by atoms with Gasteiger partial charge in [-0.05, 0) is 56.3 Å². The summed E-state index contributed by atoms with van der Waals surface area (Å²) in [4.78, 5) is 0. The van der Waals surface area contributed by atoms with E-state index in [4.69, 9.17) is 0 Å². The monoisotopic (exact) mass is 166 g/mol. The van der Waals surface area contributed by atoms with Gasteiger partial charge in [-0.15, -0.1) is 0 Å². The lowest BCUT2D eigenvalue weighted by molar-refractivity contribution is -0.151. The van der Waals surface area contributed by atoms with Crippen LogP contribution in [-0.4, -0.2) is 10.7 Å². The summed E-state index contributed by atoms with van der Waals surface area (Å²) in [5.74, 6) is 2.47. The molecule has 4 bridgehead atoms. The third-order valence-electron chi connectivity index (χ3n) is 4.61. The maximum absolute atomic E-state index is 10.4. The Hall–Kier alpha value is -0.0400. The maximum Gasteiger partial charge on any atom is 0.0681 e. The molecule has 0 aromatic carbocycles. The predicted octanol–water partition coefficient (Wildman–Crippen LogP) is 2.34. The van der Waals surface area contributed by atoms with Crippen molar-refractivity contribution in [3.05, 3.63) is 0 Å². The molecule has 4 aliphatic rings. The SMILES string of the molecule is O[C@@]12CCC[C@@H]3C[C@@H](CC[C@@H]31)C2. The van der Waals surface area contributed by atoms with Gasteiger partial charge in [0.15, 0.2) is 0 Å². The van der Waals surface area contributed by atoms with Crippen LogP contribution in [0.2, 0.25) is 0 Å². The molecule has 0 radical (unpaired) electrons. The molecule has 0 heterocycles. The summed E-state index contributed by atoms with van der Waals surface area (Å²) in [5.41, 5.74) is -0.204. The lowest BCUT2D eigenvalue weighted by atomic mass is 9.52. The molecule has 0 unspecified atom stereocenters. The van der Waals surface area contributed by atoms with E-state index in [2.05, 4.69) is 0 Å². The molecule has 4 atom stereocenters. The second-order valence-corrected chi connectivity index (χ2v) is 5.25. The van der Waals surface area contributed by atoms with E-state index in [0.29, 0.717) is 5.92 Å². The molecule has 4 rings (SSSR count). The highest BCUT2D eigenvalue weighted by atomic mass is 16.3. The molecular formula is C11H18O. The normalized spacial score (nSPS) is 57.2. The Morgan fingerprint density at radius 2 is 2.08 bits per heavy atom. The highest BCUT2D eigenvalue weighted by molar-refractivity contribution is 5.03. The summed E-state index contributed by atoms with van der Waals surface area (Å²) in [7, 11) is 0. The van der Waals surface area contributed by atoms with Gasteiger partial charge in [-0.25, -0.2) is 0 Å². The van der Waals surface area contributed by atoms with Crippen LogP contribution in [0, 0.1) is 17.8 Å². The van der Waals surface area contributed by atoms with E-state index in [-0.39, 0.29) is 5.60 Å². The van der Waals surface area contributed by atoms with E-state index in [1.165, 1.54) is 32.1 Å². The smallest absolute Gasteiger partial charge is 0.0681 e. The highest BCUT2D eigenvalue weighted by Gasteiger charge is 2.52. The summed E-state index contributed by atoms with van der Waals surface area (Å²) in [5, 5.41) is 10.4. The molecule has 0 aromatic rings. The van der Waals surface area contributed by atoms with Gasteiger partial charge >= 0.3 is 0 Å². The van der Waals surface area contributed by atoms with Crippen molar-refractivity contribution in [3.63, 3.8) is 0 Å². The van der Waals surface area contributed by atoms with Crippen molar-refractivity contribution in [2.75, 3.05) is 0 Å². The van der Waals surface area contributed by atoms with E-state index < -0.39 is 0 Å². The Labute approximate surface area is 74.2 Å². The molecule has 0 saturated heterocycles. The first-order chi connectivity index (χ1) is 5.78. The van der Waals surface area contributed by atoms with Crippen molar-refractivity contribution < 1.29 is 5.11 Å². The van der Waals surface area contributed by atoms with Crippen molar-refractivity contribution in [3.8, 4) is 0 Å². The largest absolute Gasteiger partial charge is 0.390 e. The second kappa shape index (κ2) is 2.25. The molecule has 68 valence electrons. The van der Waals surface area contributed by atoms with Crippen molar-refractivity contribution in [2.24, 2.45) is 17.8 Å². The molecule has 1 nitrogen and oxygen atoms in total. The summed E-state index contributed by atoms with van der Waals surface area (Å²) in [6, 6.07) is 0. The third-order valence-corrected chi connectivity index (χ3v) is 4.61. The van der Waals surface area contributed by atoms with Gasteiger partial charge in [0.1, 0.15) is 0 Å². The van der Waals surface area contributed by atoms with Crippen LogP contribution in [0.1, 0.15) is 44.9 Å². The molecule has 1 N–H and O–H groups in total. The van der Waals surface area contributed by atoms with Crippen LogP contribution in [0.3, 0.4) is 0 Å². The summed E-state index contributed by atoms with van der Waals surface area (Å²) in [6.45, 7) is 0. The molecule has 4 fully saturated rings. The van der Waals surface area contributed by atoms with Crippen molar-refractivity contribution in [1.82, 2.24) is 0 Å². The fourth-order valence-corrected chi connectivity index (χ4v) is 4.18. The first kappa shape index (κ1) is 7.37. The second-order valence-electron chi connectivity index (χ2n) is 5.25. The molecule has 0 aliphatic heterocycles. The van der Waals surface area contributed by atoms with Gasteiger partial charge in [0.05, 0.1) is 5.60 Å². The van der Waals surface area contributed by atoms with E-state index in [9.17, 15) is 5.11 Å². The van der Waals surface area contributed by atoms with Gasteiger partial charge in [-0.2, -0.15) is 0 Å². The number of hydrogen-bond donors (Lipinski definition) is 1. The minimum atomic E-state index is -0.204. The fraction of sp³-hybridized carbons (Fsp3) is 1.00. The van der Waals surface area contributed by atoms with Crippen LogP contribution < -0.4 is 0 Å². The van der Waals surface area contributed by atoms with Gasteiger partial charge in [0.25, 0.3) is 0 Å². The minimum Gasteiger partial charge on any atom is -0.390 e. The molecule has 0 spiro atoms. The quantitative estimate of drug-likeness (QED) is 0.585. The van der Waals surface area contributed by atoms with E-state index in [1.807, 2.05) is 0 Å². The number of fused-ring (bicyclic) bond motifs is 1. The molecule has 12 heavy (non-hydrogen) atoms. The number of hydrogen-bond acceptors (Lipinski definition) is 1. The lowest BCUT2D eigenvalue weighted by Crippen LogP contribution is -2.54. The first-order valence-corrected chi connectivity index (χ1v) is 5.50. The average Bonchev–Trinajstić information content (AvgIpc) is 2.03. The Bertz CT molecular complexity index is 201. The molecule has 4 saturated carbocycles. The van der Waals surface area contributed by atoms with Crippen LogP contribution >= 0.6 is 0 Å². The van der Waals surface area contributed by atoms with Crippen LogP contribution in [-0.2, 0) is 0 Å². The minimum absolute atomic E-state index is 0.204. The van der Waals surface area contributed by atoms with Gasteiger partial charge < -0.3 is 5.11 Å². The Morgan fingerprint density at radius 1 is 1.17 bits per heavy atom. The molecule has 1 heteroatoms. The third kappa shape index (κ3) is 0.834. The number of aliphatic hydroxyl groups is 1. The Morgan fingerprint density at radius 3 is 2.75 bits per heavy atom. The van der Waals surface area contributed by atoms with Gasteiger partial charge in [0.2, 0.25) is 0 Å². The van der Waals surface area contributed by atoms with Crippen LogP contribution in [0.15, 0.2) is 0 Å². The van der Waals surface area contributed by atoms with Gasteiger partial charge in [-0.1, -0.05) is 6.42 Å². The van der Waals surface area contributed by atoms with E-state index in [0.717, 1.165) is 24.7 Å². The maximum atomic E-state index is 10.4. The summed E-state index contributed by atoms with van der Waals surface area (Å²) < 4.78 is 0. The molecular weight excluding hydrogens is 148 g/mol. The average molecular weight is 166 g/mol. The highest BCUT2D eigenvalue weighted by Crippen LogP contribution is 2.56. The number of rotatable bonds is 0. The molecule has 0 aromatic heterocycles. The van der Waals surface area contributed by atoms with Crippen LogP contribution in [0.25, 0.3) is 0 Å². The van der Waals surface area contributed by atoms with E-state index in [1.54, 1.807) is 0 Å². The standard InChI is InChI=1S/C11H18O/c12-11-5-1-2-9-6-8(7-11)3-4-10(9)11/h8-10,12H,1-7H2/t8-,9-,10+,11-/m1/s1. The predicted molar refractivity (Wildman–Crippen MR) is 47.7 cm³/mol. The first-order valence-electron chi connectivity index (χ1n) is 5.50. The van der Waals surface area contributed by atoms with Crippen LogP contribution in [0.4, 0.5) is 0 Å². The Balaban J connectivity index is 1.94. The zero-order chi connectivity index (χ0) is 8.18. The summed E-state index contributed by atoms with van der Waals surface area (Å²) in [6.07, 6.45) is 9.09. The Kier molecular flexibility index (Phi) is 1.39. The van der Waals surface area contributed by atoms with Crippen LogP contribution in [0.5, 0.6) is 0 Å². The molecule has 4 aliphatic carbocycles. The molecule has 0 amide bonds. The van der Waals surface area contributed by atoms with Crippen molar-refractivity contribution >= 4 is 0 Å². The van der Waals surface area contributed by atoms with Crippen molar-refractivity contribution in [2.45, 2.75) is 50.5 Å². The van der Waals surface area contributed by atoms with E-state index >= 15 is 0 Å². The van der Waals surface area contributed by atoms with Gasteiger partial charge in [-0.3, -0.25) is 0 Å². The lowest BCUT2D eigenvalue weighted by Gasteiger charge is -2.56. The summed E-state index contributed by atoms with van der Waals surface area (Å²) >= 11 is 0. The fourth-order valence-electron chi connectivity index (χ4n) is 4.18. The van der Waals surface area contributed by atoms with Crippen molar-refractivity contribution in [1.29, 1.82) is 0 Å².